The van der Waals surface area contributed by atoms with Gasteiger partial charge in [0.1, 0.15) is 17.9 Å². The van der Waals surface area contributed by atoms with Crippen molar-refractivity contribution in [3.63, 3.8) is 0 Å². The third-order valence-electron chi connectivity index (χ3n) is 9.42. The molecule has 9 nitrogen and oxygen atoms in total. The number of nitrogens with two attached hydrogens (primary N) is 1. The second-order valence-electron chi connectivity index (χ2n) is 12.2. The molecule has 4 N–H and O–H groups in total. The Balaban J connectivity index is 1.29. The quantitative estimate of drug-likeness (QED) is 0.250. The number of aromatic amines is 1. The van der Waals surface area contributed by atoms with Gasteiger partial charge in [-0.05, 0) is 75.9 Å². The first-order valence-electron chi connectivity index (χ1n) is 15.7. The van der Waals surface area contributed by atoms with E-state index in [9.17, 15) is 5.26 Å². The minimum absolute atomic E-state index is 0.226. The number of H-pyrrole nitrogens is 1. The fourth-order valence-corrected chi connectivity index (χ4v) is 7.32. The summed E-state index contributed by atoms with van der Waals surface area (Å²) >= 11 is 0. The second-order valence-corrected chi connectivity index (χ2v) is 12.2. The third-order valence-corrected chi connectivity index (χ3v) is 9.42. The minimum Gasteiger partial charge on any atom is -0.462 e. The number of fused-ring (bicyclic) bond motifs is 4. The molecule has 0 spiro atoms. The van der Waals surface area contributed by atoms with E-state index in [-0.39, 0.29) is 23.4 Å². The van der Waals surface area contributed by atoms with Crippen molar-refractivity contribution < 1.29 is 9.13 Å². The van der Waals surface area contributed by atoms with E-state index < -0.39 is 0 Å². The number of benzene rings is 2. The molecule has 224 valence electrons. The highest BCUT2D eigenvalue weighted by Crippen LogP contribution is 2.38. The first-order valence-corrected chi connectivity index (χ1v) is 15.7. The largest absolute Gasteiger partial charge is 0.462 e. The smallest absolute Gasteiger partial charge is 0.319 e. The van der Waals surface area contributed by atoms with Crippen LogP contribution in [0, 0.1) is 17.1 Å². The molecule has 3 fully saturated rings. The van der Waals surface area contributed by atoms with E-state index >= 15 is 4.39 Å². The molecular formula is C33H39FN8O. The number of nitrogens with zero attached hydrogens (tertiary/aromatic N) is 5. The highest BCUT2D eigenvalue weighted by Gasteiger charge is 2.34. The maximum atomic E-state index is 16.7. The fourth-order valence-electron chi connectivity index (χ4n) is 7.32. The van der Waals surface area contributed by atoms with Crippen molar-refractivity contribution in [3.05, 3.63) is 47.9 Å². The van der Waals surface area contributed by atoms with Gasteiger partial charge in [-0.3, -0.25) is 4.90 Å². The molecule has 0 aliphatic carbocycles. The molecule has 5 heterocycles. The standard InChI is InChI=1S/C33H39FN8O/c34-30-25(27-17-37-28-8-1-5-21(29(27)28)6-2-13-35)11-12-26-31(30)39-33(43-20-24-7-3-15-41(24)16-4-14-36)40-32(26)42-18-22-9-10-23(19-42)38-22/h1,5,8,11-12,17,22-24,37-38H,2-4,6-7,9-10,14-16,18-20,36H2/t22-,23+,24-/m0/s1. The van der Waals surface area contributed by atoms with Gasteiger partial charge >= 0.3 is 6.01 Å². The van der Waals surface area contributed by atoms with Gasteiger partial charge < -0.3 is 25.7 Å². The van der Waals surface area contributed by atoms with Gasteiger partial charge in [-0.25, -0.2) is 4.39 Å². The molecular weight excluding hydrogens is 543 g/mol. The number of nitriles is 1. The average molecular weight is 583 g/mol. The van der Waals surface area contributed by atoms with Crippen LogP contribution in [0.1, 0.15) is 44.1 Å². The van der Waals surface area contributed by atoms with Crippen LogP contribution in [0.4, 0.5) is 10.2 Å². The topological polar surface area (TPSA) is 119 Å². The number of hydrogen-bond acceptors (Lipinski definition) is 8. The van der Waals surface area contributed by atoms with Crippen LogP contribution in [0.3, 0.4) is 0 Å². The fraction of sp³-hybridized carbons (Fsp3) is 0.485. The molecule has 2 aromatic heterocycles. The Morgan fingerprint density at radius 3 is 2.77 bits per heavy atom. The Morgan fingerprint density at radius 1 is 1.09 bits per heavy atom. The maximum Gasteiger partial charge on any atom is 0.319 e. The number of aromatic nitrogens is 3. The second kappa shape index (κ2) is 12.1. The van der Waals surface area contributed by atoms with Crippen LogP contribution in [0.2, 0.25) is 0 Å². The SMILES string of the molecule is N#CCCc1cccc2[nH]cc(-c3ccc4c(N5C[C@H]6CC[C@@H](C5)N6)nc(OC[C@@H]5CCCN5CCCN)nc4c3F)c12. The minimum atomic E-state index is -0.384. The number of anilines is 1. The van der Waals surface area contributed by atoms with E-state index in [1.54, 1.807) is 0 Å². The van der Waals surface area contributed by atoms with Gasteiger partial charge in [0.15, 0.2) is 5.82 Å². The Morgan fingerprint density at radius 2 is 1.95 bits per heavy atom. The van der Waals surface area contributed by atoms with Crippen LogP contribution in [0.5, 0.6) is 6.01 Å². The van der Waals surface area contributed by atoms with Crippen molar-refractivity contribution >= 4 is 27.6 Å². The lowest BCUT2D eigenvalue weighted by atomic mass is 9.97. The summed E-state index contributed by atoms with van der Waals surface area (Å²) in [6.07, 6.45) is 8.28. The summed E-state index contributed by atoms with van der Waals surface area (Å²) in [7, 11) is 0. The molecule has 0 radical (unpaired) electrons. The molecule has 2 aromatic carbocycles. The van der Waals surface area contributed by atoms with Gasteiger partial charge in [0.25, 0.3) is 0 Å². The molecule has 0 saturated carbocycles. The monoisotopic (exact) mass is 582 g/mol. The van der Waals surface area contributed by atoms with Crippen molar-refractivity contribution in [2.45, 2.75) is 63.1 Å². The number of likely N-dealkylation sites (tertiary alicyclic amines) is 1. The number of rotatable bonds is 10. The lowest BCUT2D eigenvalue weighted by Crippen LogP contribution is -2.51. The van der Waals surface area contributed by atoms with Gasteiger partial charge in [0.2, 0.25) is 0 Å². The maximum absolute atomic E-state index is 16.7. The summed E-state index contributed by atoms with van der Waals surface area (Å²) in [4.78, 5) is 17.7. The third kappa shape index (κ3) is 5.42. The molecule has 0 unspecified atom stereocenters. The number of hydrogen-bond donors (Lipinski definition) is 3. The van der Waals surface area contributed by atoms with Crippen LogP contribution < -0.4 is 20.7 Å². The Bertz CT molecular complexity index is 1650. The van der Waals surface area contributed by atoms with Crippen LogP contribution in [-0.4, -0.2) is 77.3 Å². The summed E-state index contributed by atoms with van der Waals surface area (Å²) in [6.45, 7) is 4.79. The molecule has 3 saturated heterocycles. The summed E-state index contributed by atoms with van der Waals surface area (Å²) in [5, 5.41) is 14.5. The van der Waals surface area contributed by atoms with Crippen molar-refractivity contribution in [1.82, 2.24) is 25.2 Å². The normalized spacial score (nSPS) is 22.1. The van der Waals surface area contributed by atoms with Crippen LogP contribution in [0.25, 0.3) is 32.9 Å². The molecule has 43 heavy (non-hydrogen) atoms. The molecule has 3 aliphatic rings. The predicted molar refractivity (Wildman–Crippen MR) is 167 cm³/mol. The van der Waals surface area contributed by atoms with Crippen LogP contribution in [0.15, 0.2) is 36.5 Å². The van der Waals surface area contributed by atoms with Gasteiger partial charge in [0, 0.05) is 71.2 Å². The van der Waals surface area contributed by atoms with E-state index in [0.717, 1.165) is 86.1 Å². The van der Waals surface area contributed by atoms with Crippen LogP contribution >= 0.6 is 0 Å². The van der Waals surface area contributed by atoms with Gasteiger partial charge in [-0.1, -0.05) is 18.2 Å². The Hall–Kier alpha value is -3.78. The number of ether oxygens (including phenoxy) is 1. The Labute approximate surface area is 251 Å². The van der Waals surface area contributed by atoms with E-state index in [1.165, 1.54) is 0 Å². The lowest BCUT2D eigenvalue weighted by molar-refractivity contribution is 0.164. The molecule has 2 bridgehead atoms. The molecule has 7 rings (SSSR count). The van der Waals surface area contributed by atoms with E-state index in [0.29, 0.717) is 49.0 Å². The summed E-state index contributed by atoms with van der Waals surface area (Å²) in [6, 6.07) is 13.3. The van der Waals surface area contributed by atoms with E-state index in [1.807, 2.05) is 36.5 Å². The summed E-state index contributed by atoms with van der Waals surface area (Å²) in [5.74, 6) is 0.356. The predicted octanol–water partition coefficient (Wildman–Crippen LogP) is 4.51. The molecule has 10 heteroatoms. The van der Waals surface area contributed by atoms with E-state index in [2.05, 4.69) is 26.2 Å². The molecule has 3 aliphatic heterocycles. The first-order chi connectivity index (χ1) is 21.1. The van der Waals surface area contributed by atoms with Crippen molar-refractivity contribution in [2.24, 2.45) is 5.73 Å². The first kappa shape index (κ1) is 28.0. The number of aryl methyl sites for hydroxylation is 1. The molecule has 0 amide bonds. The number of nitrogens with one attached hydrogen (secondary N) is 2. The zero-order valence-electron chi connectivity index (χ0n) is 24.5. The van der Waals surface area contributed by atoms with Crippen molar-refractivity contribution in [2.75, 3.05) is 44.2 Å². The highest BCUT2D eigenvalue weighted by molar-refractivity contribution is 6.01. The van der Waals surface area contributed by atoms with Gasteiger partial charge in [0.05, 0.1) is 6.07 Å². The Kier molecular flexibility index (Phi) is 7.87. The summed E-state index contributed by atoms with van der Waals surface area (Å²) in [5.41, 5.74) is 9.23. The molecule has 4 aromatic rings. The zero-order chi connectivity index (χ0) is 29.3. The highest BCUT2D eigenvalue weighted by atomic mass is 19.1. The number of halogens is 1. The average Bonchev–Trinajstić information content (AvgIpc) is 3.76. The number of piperazine rings is 1. The summed E-state index contributed by atoms with van der Waals surface area (Å²) < 4.78 is 23.0. The van der Waals surface area contributed by atoms with Gasteiger partial charge in [-0.2, -0.15) is 15.2 Å². The van der Waals surface area contributed by atoms with Crippen molar-refractivity contribution in [1.29, 1.82) is 5.26 Å². The van der Waals surface area contributed by atoms with E-state index in [4.69, 9.17) is 20.4 Å². The lowest BCUT2D eigenvalue weighted by Gasteiger charge is -2.34. The van der Waals surface area contributed by atoms with Crippen LogP contribution in [-0.2, 0) is 6.42 Å². The van der Waals surface area contributed by atoms with Gasteiger partial charge in [-0.15, -0.1) is 0 Å². The van der Waals surface area contributed by atoms with Crippen molar-refractivity contribution in [3.8, 4) is 23.2 Å². The zero-order valence-corrected chi connectivity index (χ0v) is 24.5. The molecule has 3 atom stereocenters.